The van der Waals surface area contributed by atoms with Crippen LogP contribution in [0.1, 0.15) is 45.2 Å². The molecule has 0 aliphatic carbocycles. The van der Waals surface area contributed by atoms with E-state index in [1.54, 1.807) is 0 Å². The van der Waals surface area contributed by atoms with Crippen molar-refractivity contribution in [2.75, 3.05) is 6.54 Å². The van der Waals surface area contributed by atoms with Gasteiger partial charge in [-0.3, -0.25) is 4.79 Å². The predicted molar refractivity (Wildman–Crippen MR) is 83.1 cm³/mol. The molecule has 0 saturated carbocycles. The monoisotopic (exact) mass is 326 g/mol. The summed E-state index contributed by atoms with van der Waals surface area (Å²) in [7, 11) is 0. The van der Waals surface area contributed by atoms with Crippen molar-refractivity contribution in [2.45, 2.75) is 45.7 Å². The lowest BCUT2D eigenvalue weighted by Crippen LogP contribution is -2.29. The Labute approximate surface area is 124 Å². The molecule has 1 rings (SSSR count). The van der Waals surface area contributed by atoms with E-state index in [9.17, 15) is 4.79 Å². The molecule has 1 aromatic carbocycles. The van der Waals surface area contributed by atoms with Crippen LogP contribution in [-0.2, 0) is 4.79 Å². The molecule has 0 aliphatic heterocycles. The smallest absolute Gasteiger partial charge is 0.220 e. The molecule has 106 valence electrons. The van der Waals surface area contributed by atoms with E-state index in [0.717, 1.165) is 23.0 Å². The Morgan fingerprint density at radius 2 is 1.95 bits per heavy atom. The summed E-state index contributed by atoms with van der Waals surface area (Å²) in [6.07, 6.45) is 1.43. The number of halogens is 1. The first-order chi connectivity index (χ1) is 9.00. The zero-order valence-electron chi connectivity index (χ0n) is 11.9. The Balaban J connectivity index is 2.34. The van der Waals surface area contributed by atoms with Crippen molar-refractivity contribution in [3.8, 4) is 0 Å². The van der Waals surface area contributed by atoms with Crippen molar-refractivity contribution in [2.24, 2.45) is 0 Å². The van der Waals surface area contributed by atoms with Crippen LogP contribution in [0, 0.1) is 0 Å². The molecule has 19 heavy (non-hydrogen) atoms. The number of carbonyl (C=O) groups excluding carboxylic acids is 1. The largest absolute Gasteiger partial charge is 0.350 e. The van der Waals surface area contributed by atoms with Crippen LogP contribution in [0.2, 0.25) is 0 Å². The van der Waals surface area contributed by atoms with Gasteiger partial charge in [0.05, 0.1) is 6.04 Å². The highest BCUT2D eigenvalue weighted by Crippen LogP contribution is 2.22. The van der Waals surface area contributed by atoms with Gasteiger partial charge in [-0.15, -0.1) is 0 Å². The van der Waals surface area contributed by atoms with Gasteiger partial charge in [0.1, 0.15) is 0 Å². The summed E-state index contributed by atoms with van der Waals surface area (Å²) in [4.78, 5) is 11.8. The molecule has 0 heterocycles. The first-order valence-electron chi connectivity index (χ1n) is 6.78. The first-order valence-corrected chi connectivity index (χ1v) is 7.57. The third kappa shape index (κ3) is 6.21. The van der Waals surface area contributed by atoms with Crippen LogP contribution in [0.4, 0.5) is 0 Å². The van der Waals surface area contributed by atoms with Crippen molar-refractivity contribution in [1.82, 2.24) is 10.6 Å². The fourth-order valence-corrected chi connectivity index (χ4v) is 2.49. The average molecular weight is 327 g/mol. The molecule has 4 heteroatoms. The Kier molecular flexibility index (Phi) is 7.10. The van der Waals surface area contributed by atoms with Gasteiger partial charge in [0.25, 0.3) is 0 Å². The van der Waals surface area contributed by atoms with Crippen molar-refractivity contribution < 1.29 is 4.79 Å². The molecular weight excluding hydrogens is 304 g/mol. The van der Waals surface area contributed by atoms with E-state index in [0.29, 0.717) is 12.5 Å². The molecule has 0 spiro atoms. The molecule has 1 amide bonds. The van der Waals surface area contributed by atoms with Gasteiger partial charge in [-0.2, -0.15) is 0 Å². The maximum Gasteiger partial charge on any atom is 0.220 e. The molecule has 0 bridgehead atoms. The zero-order chi connectivity index (χ0) is 14.3. The minimum Gasteiger partial charge on any atom is -0.350 e. The van der Waals surface area contributed by atoms with Crippen LogP contribution in [0.3, 0.4) is 0 Å². The fraction of sp³-hybridized carbons (Fsp3) is 0.533. The highest BCUT2D eigenvalue weighted by atomic mass is 79.9. The molecule has 0 fully saturated rings. The van der Waals surface area contributed by atoms with Gasteiger partial charge >= 0.3 is 0 Å². The second-order valence-electron chi connectivity index (χ2n) is 5.02. The minimum absolute atomic E-state index is 0.0288. The van der Waals surface area contributed by atoms with Crippen molar-refractivity contribution in [3.05, 3.63) is 34.3 Å². The summed E-state index contributed by atoms with van der Waals surface area (Å²) in [5, 5.41) is 6.34. The SMILES string of the molecule is CC(C)NCCCC(=O)N[C@H](C)c1ccccc1Br. The summed E-state index contributed by atoms with van der Waals surface area (Å²) in [6, 6.07) is 8.47. The number of hydrogen-bond acceptors (Lipinski definition) is 2. The summed E-state index contributed by atoms with van der Waals surface area (Å²) in [6.45, 7) is 7.10. The fourth-order valence-electron chi connectivity index (χ4n) is 1.86. The van der Waals surface area contributed by atoms with Gasteiger partial charge < -0.3 is 10.6 Å². The lowest BCUT2D eigenvalue weighted by Gasteiger charge is -2.16. The molecular formula is C15H23BrN2O. The van der Waals surface area contributed by atoms with Gasteiger partial charge in [-0.1, -0.05) is 48.0 Å². The Morgan fingerprint density at radius 1 is 1.26 bits per heavy atom. The van der Waals surface area contributed by atoms with Crippen LogP contribution in [0.5, 0.6) is 0 Å². The van der Waals surface area contributed by atoms with Gasteiger partial charge in [0.15, 0.2) is 0 Å². The molecule has 1 atom stereocenters. The summed E-state index contributed by atoms with van der Waals surface area (Å²) in [5.41, 5.74) is 1.11. The quantitative estimate of drug-likeness (QED) is 0.754. The van der Waals surface area contributed by atoms with E-state index in [-0.39, 0.29) is 11.9 Å². The van der Waals surface area contributed by atoms with Crippen molar-refractivity contribution in [3.63, 3.8) is 0 Å². The standard InChI is InChI=1S/C15H23BrN2O/c1-11(2)17-10-6-9-15(19)18-12(3)13-7-4-5-8-14(13)16/h4-5,7-8,11-12,17H,6,9-10H2,1-3H3,(H,18,19)/t12-/m1/s1. The summed E-state index contributed by atoms with van der Waals surface area (Å²) in [5.74, 6) is 0.105. The number of hydrogen-bond donors (Lipinski definition) is 2. The van der Waals surface area contributed by atoms with Crippen LogP contribution in [0.25, 0.3) is 0 Å². The molecule has 3 nitrogen and oxygen atoms in total. The minimum atomic E-state index is 0.0288. The zero-order valence-corrected chi connectivity index (χ0v) is 13.5. The van der Waals surface area contributed by atoms with Crippen molar-refractivity contribution in [1.29, 1.82) is 0 Å². The van der Waals surface area contributed by atoms with Crippen LogP contribution < -0.4 is 10.6 Å². The molecule has 0 unspecified atom stereocenters. The van der Waals surface area contributed by atoms with E-state index in [4.69, 9.17) is 0 Å². The average Bonchev–Trinajstić information content (AvgIpc) is 2.35. The predicted octanol–water partition coefficient (Wildman–Crippen LogP) is 3.40. The van der Waals surface area contributed by atoms with E-state index in [2.05, 4.69) is 40.4 Å². The van der Waals surface area contributed by atoms with E-state index in [1.807, 2.05) is 31.2 Å². The maximum atomic E-state index is 11.8. The summed E-state index contributed by atoms with van der Waals surface area (Å²) < 4.78 is 1.03. The Bertz CT molecular complexity index is 407. The molecule has 2 N–H and O–H groups in total. The van der Waals surface area contributed by atoms with Crippen LogP contribution in [0.15, 0.2) is 28.7 Å². The molecule has 0 aliphatic rings. The number of nitrogens with one attached hydrogen (secondary N) is 2. The molecule has 0 radical (unpaired) electrons. The lowest BCUT2D eigenvalue weighted by molar-refractivity contribution is -0.121. The van der Waals surface area contributed by atoms with Crippen LogP contribution in [-0.4, -0.2) is 18.5 Å². The first kappa shape index (κ1) is 16.2. The van der Waals surface area contributed by atoms with Gasteiger partial charge in [0.2, 0.25) is 5.91 Å². The second-order valence-corrected chi connectivity index (χ2v) is 5.88. The van der Waals surface area contributed by atoms with E-state index >= 15 is 0 Å². The summed E-state index contributed by atoms with van der Waals surface area (Å²) >= 11 is 3.51. The molecule has 0 saturated heterocycles. The van der Waals surface area contributed by atoms with Crippen LogP contribution >= 0.6 is 15.9 Å². The molecule has 1 aromatic rings. The maximum absolute atomic E-state index is 11.8. The molecule has 0 aromatic heterocycles. The number of rotatable bonds is 7. The van der Waals surface area contributed by atoms with E-state index < -0.39 is 0 Å². The lowest BCUT2D eigenvalue weighted by atomic mass is 10.1. The van der Waals surface area contributed by atoms with Crippen molar-refractivity contribution >= 4 is 21.8 Å². The van der Waals surface area contributed by atoms with E-state index in [1.165, 1.54) is 0 Å². The third-order valence-electron chi connectivity index (χ3n) is 2.88. The van der Waals surface area contributed by atoms with Gasteiger partial charge in [-0.05, 0) is 31.5 Å². The normalized spacial score (nSPS) is 12.5. The van der Waals surface area contributed by atoms with Gasteiger partial charge in [-0.25, -0.2) is 0 Å². The number of carbonyl (C=O) groups is 1. The number of benzene rings is 1. The number of amides is 1. The second kappa shape index (κ2) is 8.33. The highest BCUT2D eigenvalue weighted by molar-refractivity contribution is 9.10. The third-order valence-corrected chi connectivity index (χ3v) is 3.60. The Hall–Kier alpha value is -0.870. The highest BCUT2D eigenvalue weighted by Gasteiger charge is 2.11. The Morgan fingerprint density at radius 3 is 2.58 bits per heavy atom. The van der Waals surface area contributed by atoms with Gasteiger partial charge in [0, 0.05) is 16.9 Å². The topological polar surface area (TPSA) is 41.1 Å².